The van der Waals surface area contributed by atoms with Gasteiger partial charge in [0.15, 0.2) is 0 Å². The molecule has 3 N–H and O–H groups in total. The number of benzene rings is 1. The summed E-state index contributed by atoms with van der Waals surface area (Å²) in [6, 6.07) is 5.50. The summed E-state index contributed by atoms with van der Waals surface area (Å²) in [7, 11) is 1.56. The molecule has 4 nitrogen and oxygen atoms in total. The van der Waals surface area contributed by atoms with Gasteiger partial charge in [-0.3, -0.25) is 4.79 Å². The molecule has 1 aromatic carbocycles. The molecule has 0 spiro atoms. The predicted molar refractivity (Wildman–Crippen MR) is 63.7 cm³/mol. The molecule has 0 aliphatic rings. The van der Waals surface area contributed by atoms with Crippen LogP contribution in [0.5, 0.6) is 5.75 Å². The third-order valence-electron chi connectivity index (χ3n) is 2.27. The largest absolute Gasteiger partial charge is 0.496 e. The fraction of sp³-hybridized carbons (Fsp3) is 0.417. The van der Waals surface area contributed by atoms with Gasteiger partial charge in [0, 0.05) is 6.54 Å². The van der Waals surface area contributed by atoms with Gasteiger partial charge in [0.1, 0.15) is 5.75 Å². The number of methoxy groups -OCH3 is 1. The Morgan fingerprint density at radius 2 is 2.25 bits per heavy atom. The van der Waals surface area contributed by atoms with Crippen LogP contribution in [0, 0.1) is 6.92 Å². The van der Waals surface area contributed by atoms with Crippen molar-refractivity contribution in [2.45, 2.75) is 13.3 Å². The number of rotatable bonds is 5. The molecule has 0 atom stereocenters. The number of ether oxygens (including phenoxy) is 1. The lowest BCUT2D eigenvalue weighted by Crippen LogP contribution is -2.26. The van der Waals surface area contributed by atoms with Crippen molar-refractivity contribution in [3.05, 3.63) is 29.3 Å². The van der Waals surface area contributed by atoms with Crippen LogP contribution in [0.2, 0.25) is 0 Å². The standard InChI is InChI=1S/C12H18N2O2/c1-9-4-5-10(11(8-9)16-2)12(15)14-7-3-6-13/h4-5,8H,3,6-7,13H2,1-2H3,(H,14,15). The minimum atomic E-state index is -0.120. The van der Waals surface area contributed by atoms with Gasteiger partial charge in [-0.05, 0) is 37.6 Å². The zero-order chi connectivity index (χ0) is 12.0. The van der Waals surface area contributed by atoms with Gasteiger partial charge < -0.3 is 15.8 Å². The first-order chi connectivity index (χ1) is 7.69. The summed E-state index contributed by atoms with van der Waals surface area (Å²) in [5, 5.41) is 2.80. The minimum Gasteiger partial charge on any atom is -0.496 e. The minimum absolute atomic E-state index is 0.120. The number of amides is 1. The van der Waals surface area contributed by atoms with Gasteiger partial charge in [-0.25, -0.2) is 0 Å². The van der Waals surface area contributed by atoms with Crippen molar-refractivity contribution in [3.8, 4) is 5.75 Å². The van der Waals surface area contributed by atoms with Crippen molar-refractivity contribution in [2.75, 3.05) is 20.2 Å². The maximum absolute atomic E-state index is 11.8. The van der Waals surface area contributed by atoms with Gasteiger partial charge in [0.25, 0.3) is 5.91 Å². The highest BCUT2D eigenvalue weighted by atomic mass is 16.5. The van der Waals surface area contributed by atoms with E-state index < -0.39 is 0 Å². The Morgan fingerprint density at radius 3 is 2.88 bits per heavy atom. The van der Waals surface area contributed by atoms with E-state index in [-0.39, 0.29) is 5.91 Å². The molecule has 0 saturated carbocycles. The fourth-order valence-corrected chi connectivity index (χ4v) is 1.39. The Kier molecular flexibility index (Phi) is 4.79. The second-order valence-electron chi connectivity index (χ2n) is 3.60. The maximum Gasteiger partial charge on any atom is 0.255 e. The SMILES string of the molecule is COc1cc(C)ccc1C(=O)NCCCN. The average Bonchev–Trinajstić information content (AvgIpc) is 2.29. The van der Waals surface area contributed by atoms with Crippen molar-refractivity contribution in [1.29, 1.82) is 0 Å². The highest BCUT2D eigenvalue weighted by molar-refractivity contribution is 5.97. The lowest BCUT2D eigenvalue weighted by atomic mass is 10.1. The molecule has 0 heterocycles. The summed E-state index contributed by atoms with van der Waals surface area (Å²) in [6.45, 7) is 3.12. The Bertz CT molecular complexity index is 364. The molecule has 1 rings (SSSR count). The first-order valence-electron chi connectivity index (χ1n) is 5.32. The van der Waals surface area contributed by atoms with Crippen LogP contribution >= 0.6 is 0 Å². The second-order valence-corrected chi connectivity index (χ2v) is 3.60. The Morgan fingerprint density at radius 1 is 1.50 bits per heavy atom. The van der Waals surface area contributed by atoms with E-state index in [4.69, 9.17) is 10.5 Å². The molecule has 0 fully saturated rings. The van der Waals surface area contributed by atoms with Crippen LogP contribution in [-0.2, 0) is 0 Å². The normalized spacial score (nSPS) is 9.94. The van der Waals surface area contributed by atoms with E-state index in [0.29, 0.717) is 24.4 Å². The van der Waals surface area contributed by atoms with Crippen molar-refractivity contribution >= 4 is 5.91 Å². The highest BCUT2D eigenvalue weighted by Crippen LogP contribution is 2.19. The van der Waals surface area contributed by atoms with Crippen LogP contribution in [0.1, 0.15) is 22.3 Å². The van der Waals surface area contributed by atoms with Crippen LogP contribution in [0.15, 0.2) is 18.2 Å². The van der Waals surface area contributed by atoms with E-state index in [1.54, 1.807) is 13.2 Å². The molecule has 0 bridgehead atoms. The summed E-state index contributed by atoms with van der Waals surface area (Å²) in [5.41, 5.74) is 6.98. The summed E-state index contributed by atoms with van der Waals surface area (Å²) >= 11 is 0. The van der Waals surface area contributed by atoms with Crippen LogP contribution in [0.4, 0.5) is 0 Å². The number of aryl methyl sites for hydroxylation is 1. The van der Waals surface area contributed by atoms with Gasteiger partial charge in [-0.1, -0.05) is 6.07 Å². The zero-order valence-electron chi connectivity index (χ0n) is 9.75. The van der Waals surface area contributed by atoms with Crippen molar-refractivity contribution in [1.82, 2.24) is 5.32 Å². The molecule has 1 aromatic rings. The number of nitrogens with two attached hydrogens (primary N) is 1. The zero-order valence-corrected chi connectivity index (χ0v) is 9.75. The van der Waals surface area contributed by atoms with E-state index in [2.05, 4.69) is 5.32 Å². The smallest absolute Gasteiger partial charge is 0.255 e. The molecular formula is C12H18N2O2. The van der Waals surface area contributed by atoms with Gasteiger partial charge in [-0.15, -0.1) is 0 Å². The average molecular weight is 222 g/mol. The van der Waals surface area contributed by atoms with Crippen LogP contribution < -0.4 is 15.8 Å². The number of carbonyl (C=O) groups is 1. The lowest BCUT2D eigenvalue weighted by Gasteiger charge is -2.09. The summed E-state index contributed by atoms with van der Waals surface area (Å²) in [5.74, 6) is 0.482. The van der Waals surface area contributed by atoms with Crippen LogP contribution in [-0.4, -0.2) is 26.1 Å². The molecule has 16 heavy (non-hydrogen) atoms. The quantitative estimate of drug-likeness (QED) is 0.733. The molecule has 0 unspecified atom stereocenters. The second kappa shape index (κ2) is 6.12. The molecular weight excluding hydrogens is 204 g/mol. The fourth-order valence-electron chi connectivity index (χ4n) is 1.39. The Balaban J connectivity index is 2.74. The molecule has 0 aliphatic carbocycles. The number of hydrogen-bond acceptors (Lipinski definition) is 3. The van der Waals surface area contributed by atoms with Crippen LogP contribution in [0.25, 0.3) is 0 Å². The number of hydrogen-bond donors (Lipinski definition) is 2. The predicted octanol–water partition coefficient (Wildman–Crippen LogP) is 1.08. The van der Waals surface area contributed by atoms with Gasteiger partial charge >= 0.3 is 0 Å². The van der Waals surface area contributed by atoms with E-state index in [1.165, 1.54) is 0 Å². The first-order valence-corrected chi connectivity index (χ1v) is 5.32. The van der Waals surface area contributed by atoms with Crippen molar-refractivity contribution in [3.63, 3.8) is 0 Å². The number of carbonyl (C=O) groups excluding carboxylic acids is 1. The van der Waals surface area contributed by atoms with Gasteiger partial charge in [-0.2, -0.15) is 0 Å². The van der Waals surface area contributed by atoms with Gasteiger partial charge in [0.05, 0.1) is 12.7 Å². The highest BCUT2D eigenvalue weighted by Gasteiger charge is 2.11. The molecule has 0 aliphatic heterocycles. The van der Waals surface area contributed by atoms with Gasteiger partial charge in [0.2, 0.25) is 0 Å². The Hall–Kier alpha value is -1.55. The van der Waals surface area contributed by atoms with E-state index in [9.17, 15) is 4.79 Å². The molecule has 0 aromatic heterocycles. The molecule has 0 radical (unpaired) electrons. The maximum atomic E-state index is 11.8. The van der Waals surface area contributed by atoms with E-state index in [0.717, 1.165) is 12.0 Å². The third kappa shape index (κ3) is 3.24. The van der Waals surface area contributed by atoms with E-state index in [1.807, 2.05) is 19.1 Å². The third-order valence-corrected chi connectivity index (χ3v) is 2.27. The van der Waals surface area contributed by atoms with Crippen LogP contribution in [0.3, 0.4) is 0 Å². The summed E-state index contributed by atoms with van der Waals surface area (Å²) in [6.07, 6.45) is 0.778. The van der Waals surface area contributed by atoms with Crippen molar-refractivity contribution in [2.24, 2.45) is 5.73 Å². The van der Waals surface area contributed by atoms with E-state index >= 15 is 0 Å². The lowest BCUT2D eigenvalue weighted by molar-refractivity contribution is 0.0950. The molecule has 4 heteroatoms. The first kappa shape index (κ1) is 12.5. The monoisotopic (exact) mass is 222 g/mol. The molecule has 88 valence electrons. The summed E-state index contributed by atoms with van der Waals surface area (Å²) in [4.78, 5) is 11.8. The molecule has 1 amide bonds. The summed E-state index contributed by atoms with van der Waals surface area (Å²) < 4.78 is 5.17. The Labute approximate surface area is 95.8 Å². The molecule has 0 saturated heterocycles. The number of nitrogens with one attached hydrogen (secondary N) is 1. The van der Waals surface area contributed by atoms with Crippen molar-refractivity contribution < 1.29 is 9.53 Å². The topological polar surface area (TPSA) is 64.3 Å².